The van der Waals surface area contributed by atoms with E-state index >= 15 is 0 Å². The van der Waals surface area contributed by atoms with Crippen molar-refractivity contribution >= 4 is 17.5 Å². The summed E-state index contributed by atoms with van der Waals surface area (Å²) in [6, 6.07) is 10.3. The fourth-order valence-electron chi connectivity index (χ4n) is 2.72. The molecule has 0 aliphatic carbocycles. The number of ether oxygens (including phenoxy) is 1. The SMILES string of the molecule is O=C(Nc1cc(F)c(C2CC(=NO)C=CN2)c(F)c1)OCc1ccccc1. The standard InChI is InChI=1S/C19H17F2N3O3/c20-15-8-14(23-19(25)27-11-12-4-2-1-3-5-12)9-16(21)18(15)17-10-13(24-26)6-7-22-17/h1-9,17,22,26H,10-11H2,(H,23,25). The van der Waals surface area contributed by atoms with Crippen LogP contribution in [0.1, 0.15) is 23.6 Å². The van der Waals surface area contributed by atoms with Gasteiger partial charge in [-0.2, -0.15) is 0 Å². The van der Waals surface area contributed by atoms with Crippen molar-refractivity contribution in [3.05, 3.63) is 77.5 Å². The maximum Gasteiger partial charge on any atom is 0.411 e. The molecule has 6 nitrogen and oxygen atoms in total. The summed E-state index contributed by atoms with van der Waals surface area (Å²) in [6.07, 6.45) is 2.26. The summed E-state index contributed by atoms with van der Waals surface area (Å²) in [5.74, 6) is -1.67. The van der Waals surface area contributed by atoms with E-state index in [9.17, 15) is 13.6 Å². The van der Waals surface area contributed by atoms with Crippen molar-refractivity contribution in [2.24, 2.45) is 5.16 Å². The lowest BCUT2D eigenvalue weighted by Gasteiger charge is -2.22. The summed E-state index contributed by atoms with van der Waals surface area (Å²) in [5, 5.41) is 17.0. The topological polar surface area (TPSA) is 83.0 Å². The Morgan fingerprint density at radius 2 is 1.96 bits per heavy atom. The number of rotatable bonds is 4. The molecule has 3 N–H and O–H groups in total. The predicted octanol–water partition coefficient (Wildman–Crippen LogP) is 4.09. The number of nitrogens with zero attached hydrogens (tertiary/aromatic N) is 1. The first-order valence-electron chi connectivity index (χ1n) is 8.17. The number of carbonyl (C=O) groups is 1. The fraction of sp³-hybridized carbons (Fsp3) is 0.158. The van der Waals surface area contributed by atoms with E-state index in [1.807, 2.05) is 18.2 Å². The maximum atomic E-state index is 14.4. The van der Waals surface area contributed by atoms with Crippen LogP contribution in [0.25, 0.3) is 0 Å². The van der Waals surface area contributed by atoms with E-state index in [0.717, 1.165) is 17.7 Å². The van der Waals surface area contributed by atoms with Crippen LogP contribution in [0, 0.1) is 11.6 Å². The van der Waals surface area contributed by atoms with Crippen molar-refractivity contribution in [2.75, 3.05) is 5.32 Å². The summed E-state index contributed by atoms with van der Waals surface area (Å²) in [5.41, 5.74) is 0.820. The summed E-state index contributed by atoms with van der Waals surface area (Å²) < 4.78 is 33.9. The number of amides is 1. The third-order valence-corrected chi connectivity index (χ3v) is 4.00. The van der Waals surface area contributed by atoms with Gasteiger partial charge in [0.05, 0.1) is 11.8 Å². The molecule has 0 fully saturated rings. The van der Waals surface area contributed by atoms with E-state index in [0.29, 0.717) is 5.71 Å². The molecule has 1 aliphatic heterocycles. The third kappa shape index (κ3) is 4.60. The van der Waals surface area contributed by atoms with Crippen LogP contribution in [0.2, 0.25) is 0 Å². The number of benzene rings is 2. The van der Waals surface area contributed by atoms with Crippen molar-refractivity contribution in [1.82, 2.24) is 5.32 Å². The van der Waals surface area contributed by atoms with Crippen LogP contribution in [0.5, 0.6) is 0 Å². The van der Waals surface area contributed by atoms with Crippen molar-refractivity contribution in [2.45, 2.75) is 19.1 Å². The monoisotopic (exact) mass is 373 g/mol. The largest absolute Gasteiger partial charge is 0.444 e. The normalized spacial score (nSPS) is 17.4. The predicted molar refractivity (Wildman–Crippen MR) is 95.5 cm³/mol. The molecule has 1 heterocycles. The zero-order valence-corrected chi connectivity index (χ0v) is 14.2. The van der Waals surface area contributed by atoms with Crippen molar-refractivity contribution in [1.29, 1.82) is 0 Å². The minimum absolute atomic E-state index is 0.0390. The average Bonchev–Trinajstić information content (AvgIpc) is 2.67. The highest BCUT2D eigenvalue weighted by Gasteiger charge is 2.24. The highest BCUT2D eigenvalue weighted by atomic mass is 19.1. The van der Waals surface area contributed by atoms with Crippen LogP contribution in [0.4, 0.5) is 19.3 Å². The lowest BCUT2D eigenvalue weighted by molar-refractivity contribution is 0.155. The van der Waals surface area contributed by atoms with E-state index in [2.05, 4.69) is 15.8 Å². The Kier molecular flexibility index (Phi) is 5.65. The van der Waals surface area contributed by atoms with Gasteiger partial charge in [0, 0.05) is 17.7 Å². The van der Waals surface area contributed by atoms with Crippen LogP contribution in [0.3, 0.4) is 0 Å². The molecule has 1 unspecified atom stereocenters. The third-order valence-electron chi connectivity index (χ3n) is 4.00. The molecule has 0 saturated carbocycles. The van der Waals surface area contributed by atoms with Crippen molar-refractivity contribution in [3.8, 4) is 0 Å². The zero-order valence-electron chi connectivity index (χ0n) is 14.2. The second kappa shape index (κ2) is 8.31. The molecule has 1 aliphatic rings. The van der Waals surface area contributed by atoms with Gasteiger partial charge in [-0.25, -0.2) is 13.6 Å². The highest BCUT2D eigenvalue weighted by Crippen LogP contribution is 2.28. The number of nitrogens with one attached hydrogen (secondary N) is 2. The molecular weight excluding hydrogens is 356 g/mol. The molecule has 1 amide bonds. The number of halogens is 2. The number of carbonyl (C=O) groups excluding carboxylic acids is 1. The molecule has 3 rings (SSSR count). The van der Waals surface area contributed by atoms with Gasteiger partial charge in [-0.3, -0.25) is 5.32 Å². The van der Waals surface area contributed by atoms with E-state index in [1.165, 1.54) is 12.3 Å². The van der Waals surface area contributed by atoms with Gasteiger partial charge in [-0.1, -0.05) is 35.5 Å². The number of oxime groups is 1. The fourth-order valence-corrected chi connectivity index (χ4v) is 2.72. The van der Waals surface area contributed by atoms with Crippen LogP contribution in [-0.4, -0.2) is 17.0 Å². The van der Waals surface area contributed by atoms with E-state index in [1.54, 1.807) is 12.1 Å². The summed E-state index contributed by atoms with van der Waals surface area (Å²) in [6.45, 7) is 0.0390. The molecule has 0 radical (unpaired) electrons. The van der Waals surface area contributed by atoms with E-state index < -0.39 is 23.8 Å². The molecule has 2 aromatic rings. The Morgan fingerprint density at radius 1 is 1.26 bits per heavy atom. The number of anilines is 1. The van der Waals surface area contributed by atoms with Crippen LogP contribution >= 0.6 is 0 Å². The lowest BCUT2D eigenvalue weighted by atomic mass is 9.97. The minimum Gasteiger partial charge on any atom is -0.444 e. The average molecular weight is 373 g/mol. The van der Waals surface area contributed by atoms with Gasteiger partial charge in [0.2, 0.25) is 0 Å². The van der Waals surface area contributed by atoms with Gasteiger partial charge in [0.25, 0.3) is 0 Å². The first-order chi connectivity index (χ1) is 13.1. The van der Waals surface area contributed by atoms with Gasteiger partial charge >= 0.3 is 6.09 Å². The minimum atomic E-state index is -0.835. The Morgan fingerprint density at radius 3 is 2.63 bits per heavy atom. The molecule has 0 saturated heterocycles. The Labute approximate surface area is 154 Å². The van der Waals surface area contributed by atoms with Gasteiger partial charge < -0.3 is 15.3 Å². The summed E-state index contributed by atoms with van der Waals surface area (Å²) >= 11 is 0. The Balaban J connectivity index is 1.67. The summed E-state index contributed by atoms with van der Waals surface area (Å²) in [4.78, 5) is 11.8. The van der Waals surface area contributed by atoms with E-state index in [-0.39, 0.29) is 24.3 Å². The molecule has 1 atom stereocenters. The molecule has 27 heavy (non-hydrogen) atoms. The molecule has 2 aromatic carbocycles. The molecule has 140 valence electrons. The molecule has 8 heteroatoms. The van der Waals surface area contributed by atoms with Gasteiger partial charge in [0.1, 0.15) is 18.2 Å². The molecular formula is C19H17F2N3O3. The smallest absolute Gasteiger partial charge is 0.411 e. The first kappa shape index (κ1) is 18.4. The number of hydrogen-bond acceptors (Lipinski definition) is 5. The van der Waals surface area contributed by atoms with Gasteiger partial charge in [-0.15, -0.1) is 0 Å². The first-order valence-corrected chi connectivity index (χ1v) is 8.17. The van der Waals surface area contributed by atoms with Crippen molar-refractivity contribution < 1.29 is 23.5 Å². The quantitative estimate of drug-likeness (QED) is 0.557. The maximum absolute atomic E-state index is 14.4. The van der Waals surface area contributed by atoms with E-state index in [4.69, 9.17) is 9.94 Å². The number of hydrogen-bond donors (Lipinski definition) is 3. The van der Waals surface area contributed by atoms with Gasteiger partial charge in [-0.05, 0) is 30.0 Å². The molecule has 0 spiro atoms. The van der Waals surface area contributed by atoms with Crippen LogP contribution in [0.15, 0.2) is 59.9 Å². The van der Waals surface area contributed by atoms with Crippen LogP contribution in [-0.2, 0) is 11.3 Å². The van der Waals surface area contributed by atoms with Crippen molar-refractivity contribution in [3.63, 3.8) is 0 Å². The summed E-state index contributed by atoms with van der Waals surface area (Å²) in [7, 11) is 0. The second-order valence-electron chi connectivity index (χ2n) is 5.89. The Hall–Kier alpha value is -3.42. The Bertz CT molecular complexity index is 862. The number of allylic oxidation sites excluding steroid dienone is 1. The zero-order chi connectivity index (χ0) is 19.2. The van der Waals surface area contributed by atoms with Crippen LogP contribution < -0.4 is 10.6 Å². The highest BCUT2D eigenvalue weighted by molar-refractivity contribution is 5.95. The van der Waals surface area contributed by atoms with Gasteiger partial charge in [0.15, 0.2) is 0 Å². The lowest BCUT2D eigenvalue weighted by Crippen LogP contribution is -2.25. The second-order valence-corrected chi connectivity index (χ2v) is 5.89. The molecule has 0 bridgehead atoms. The molecule has 0 aromatic heterocycles.